The third-order valence-corrected chi connectivity index (χ3v) is 8.79. The predicted molar refractivity (Wildman–Crippen MR) is 170 cm³/mol. The summed E-state index contributed by atoms with van der Waals surface area (Å²) in [6.45, 7) is 15.0. The second kappa shape index (κ2) is 15.9. The summed E-state index contributed by atoms with van der Waals surface area (Å²) in [5, 5.41) is 2.64. The molecule has 2 aromatic rings. The molecule has 0 aliphatic rings. The Morgan fingerprint density at radius 2 is 1.41 bits per heavy atom. The SMILES string of the molecule is CCCC[C@H](C[C@H](CCc1ccc(-c2ccc(C(=O)NC)cc2)cc1)C(=O)OCC[Si](C)(C)C)C(=O)OC(C)(C)C. The molecule has 1 amide bonds. The van der Waals surface area contributed by atoms with Crippen LogP contribution in [0, 0.1) is 11.8 Å². The van der Waals surface area contributed by atoms with Crippen molar-refractivity contribution in [3.63, 3.8) is 0 Å². The van der Waals surface area contributed by atoms with Crippen LogP contribution in [0.1, 0.15) is 75.7 Å². The fraction of sp³-hybridized carbons (Fsp3) is 0.559. The zero-order chi connectivity index (χ0) is 30.6. The highest BCUT2D eigenvalue weighted by Gasteiger charge is 2.31. The van der Waals surface area contributed by atoms with Crippen LogP contribution in [0.3, 0.4) is 0 Å². The molecule has 226 valence electrons. The molecule has 0 saturated carbocycles. The van der Waals surface area contributed by atoms with Gasteiger partial charge in [-0.25, -0.2) is 0 Å². The molecule has 2 aromatic carbocycles. The fourth-order valence-electron chi connectivity index (χ4n) is 4.58. The van der Waals surface area contributed by atoms with Crippen LogP contribution in [0.15, 0.2) is 48.5 Å². The lowest BCUT2D eigenvalue weighted by atomic mass is 9.86. The summed E-state index contributed by atoms with van der Waals surface area (Å²) in [6, 6.07) is 16.7. The van der Waals surface area contributed by atoms with Gasteiger partial charge < -0.3 is 14.8 Å². The van der Waals surface area contributed by atoms with Gasteiger partial charge in [0.25, 0.3) is 5.91 Å². The maximum atomic E-state index is 13.3. The number of ether oxygens (including phenoxy) is 2. The highest BCUT2D eigenvalue weighted by Crippen LogP contribution is 2.28. The molecular weight excluding hydrogens is 530 g/mol. The highest BCUT2D eigenvalue weighted by molar-refractivity contribution is 6.76. The van der Waals surface area contributed by atoms with E-state index in [0.717, 1.165) is 35.6 Å². The van der Waals surface area contributed by atoms with Gasteiger partial charge in [0.2, 0.25) is 0 Å². The molecule has 0 radical (unpaired) electrons. The Balaban J connectivity index is 2.16. The van der Waals surface area contributed by atoms with Crippen LogP contribution < -0.4 is 5.32 Å². The van der Waals surface area contributed by atoms with Crippen molar-refractivity contribution in [3.05, 3.63) is 59.7 Å². The number of hydrogen-bond acceptors (Lipinski definition) is 5. The summed E-state index contributed by atoms with van der Waals surface area (Å²) < 4.78 is 11.5. The van der Waals surface area contributed by atoms with Gasteiger partial charge in [0.1, 0.15) is 5.60 Å². The van der Waals surface area contributed by atoms with Gasteiger partial charge in [0, 0.05) is 20.7 Å². The van der Waals surface area contributed by atoms with Gasteiger partial charge >= 0.3 is 11.9 Å². The van der Waals surface area contributed by atoms with E-state index in [9.17, 15) is 14.4 Å². The molecule has 0 spiro atoms. The Labute approximate surface area is 248 Å². The van der Waals surface area contributed by atoms with Crippen LogP contribution >= 0.6 is 0 Å². The number of nitrogens with one attached hydrogen (secondary N) is 1. The number of unbranched alkanes of at least 4 members (excludes halogenated alkanes) is 1. The molecular formula is C34H51NO5Si. The van der Waals surface area contributed by atoms with Crippen LogP contribution in [0.25, 0.3) is 11.1 Å². The predicted octanol–water partition coefficient (Wildman–Crippen LogP) is 7.68. The van der Waals surface area contributed by atoms with Gasteiger partial charge in [-0.05, 0) is 81.3 Å². The van der Waals surface area contributed by atoms with Gasteiger partial charge in [-0.2, -0.15) is 0 Å². The van der Waals surface area contributed by atoms with Gasteiger partial charge in [0.05, 0.1) is 18.4 Å². The molecule has 0 bridgehead atoms. The zero-order valence-corrected chi connectivity index (χ0v) is 27.5. The lowest BCUT2D eigenvalue weighted by Crippen LogP contribution is -2.32. The van der Waals surface area contributed by atoms with E-state index in [1.807, 2.05) is 45.0 Å². The third-order valence-electron chi connectivity index (χ3n) is 7.09. The number of amides is 1. The number of hydrogen-bond donors (Lipinski definition) is 1. The first-order valence-electron chi connectivity index (χ1n) is 15.0. The Morgan fingerprint density at radius 3 is 1.93 bits per heavy atom. The van der Waals surface area contributed by atoms with Gasteiger partial charge in [-0.3, -0.25) is 14.4 Å². The summed E-state index contributed by atoms with van der Waals surface area (Å²) in [6.07, 6.45) is 4.35. The number of rotatable bonds is 15. The molecule has 0 fully saturated rings. The van der Waals surface area contributed by atoms with Crippen LogP contribution in [-0.4, -0.2) is 45.2 Å². The first-order chi connectivity index (χ1) is 19.2. The highest BCUT2D eigenvalue weighted by atomic mass is 28.3. The lowest BCUT2D eigenvalue weighted by molar-refractivity contribution is -0.162. The summed E-state index contributed by atoms with van der Waals surface area (Å²) in [4.78, 5) is 38.2. The maximum absolute atomic E-state index is 13.3. The molecule has 0 aliphatic heterocycles. The Hall–Kier alpha value is -2.93. The number of esters is 2. The average Bonchev–Trinajstić information content (AvgIpc) is 2.90. The van der Waals surface area contributed by atoms with E-state index in [2.05, 4.69) is 56.1 Å². The summed E-state index contributed by atoms with van der Waals surface area (Å²) in [5.74, 6) is -1.24. The third kappa shape index (κ3) is 12.6. The molecule has 6 nitrogen and oxygen atoms in total. The van der Waals surface area contributed by atoms with Crippen molar-refractivity contribution in [3.8, 4) is 11.1 Å². The minimum Gasteiger partial charge on any atom is -0.466 e. The van der Waals surface area contributed by atoms with E-state index in [1.54, 1.807) is 7.05 Å². The Morgan fingerprint density at radius 1 is 0.854 bits per heavy atom. The number of aryl methyl sites for hydroxylation is 1. The molecule has 2 atom stereocenters. The van der Waals surface area contributed by atoms with Crippen molar-refractivity contribution in [2.24, 2.45) is 11.8 Å². The molecule has 0 heterocycles. The fourth-order valence-corrected chi connectivity index (χ4v) is 5.30. The topological polar surface area (TPSA) is 81.7 Å². The van der Waals surface area contributed by atoms with E-state index in [4.69, 9.17) is 9.47 Å². The number of benzene rings is 2. The van der Waals surface area contributed by atoms with Crippen molar-refractivity contribution < 1.29 is 23.9 Å². The molecule has 0 aromatic heterocycles. The second-order valence-corrected chi connectivity index (χ2v) is 18.8. The average molecular weight is 582 g/mol. The van der Waals surface area contributed by atoms with Crippen LogP contribution in [0.4, 0.5) is 0 Å². The van der Waals surface area contributed by atoms with E-state index in [-0.39, 0.29) is 29.7 Å². The van der Waals surface area contributed by atoms with Crippen LogP contribution in [0.2, 0.25) is 25.7 Å². The summed E-state index contributed by atoms with van der Waals surface area (Å²) in [5.41, 5.74) is 3.27. The molecule has 1 N–H and O–H groups in total. The first kappa shape index (κ1) is 34.3. The summed E-state index contributed by atoms with van der Waals surface area (Å²) in [7, 11) is 0.281. The van der Waals surface area contributed by atoms with E-state index < -0.39 is 13.7 Å². The molecule has 0 saturated heterocycles. The molecule has 0 aliphatic carbocycles. The quantitative estimate of drug-likeness (QED) is 0.172. The number of carbonyl (C=O) groups is 3. The monoisotopic (exact) mass is 581 g/mol. The van der Waals surface area contributed by atoms with Crippen LogP contribution in [-0.2, 0) is 25.5 Å². The zero-order valence-electron chi connectivity index (χ0n) is 26.5. The number of carbonyl (C=O) groups excluding carboxylic acids is 3. The van der Waals surface area contributed by atoms with Gasteiger partial charge in [0.15, 0.2) is 0 Å². The van der Waals surface area contributed by atoms with E-state index in [0.29, 0.717) is 37.9 Å². The Kier molecular flexibility index (Phi) is 13.3. The van der Waals surface area contributed by atoms with Crippen molar-refractivity contribution >= 4 is 25.9 Å². The van der Waals surface area contributed by atoms with Crippen molar-refractivity contribution in [2.75, 3.05) is 13.7 Å². The van der Waals surface area contributed by atoms with E-state index >= 15 is 0 Å². The van der Waals surface area contributed by atoms with Gasteiger partial charge in [-0.15, -0.1) is 0 Å². The minimum atomic E-state index is -1.34. The molecule has 2 rings (SSSR count). The van der Waals surface area contributed by atoms with Gasteiger partial charge in [-0.1, -0.05) is 75.8 Å². The van der Waals surface area contributed by atoms with Crippen molar-refractivity contribution in [2.45, 2.75) is 97.5 Å². The Bertz CT molecular complexity index is 1110. The smallest absolute Gasteiger partial charge is 0.309 e. The lowest BCUT2D eigenvalue weighted by Gasteiger charge is -2.26. The maximum Gasteiger partial charge on any atom is 0.309 e. The molecule has 7 heteroatoms. The molecule has 41 heavy (non-hydrogen) atoms. The summed E-state index contributed by atoms with van der Waals surface area (Å²) >= 11 is 0. The first-order valence-corrected chi connectivity index (χ1v) is 18.7. The normalized spacial score (nSPS) is 13.3. The standard InChI is InChI=1S/C34H51NO5Si/c1-9-10-11-29(33(38)40-34(2,3)4)24-30(32(37)39-22-23-41(6,7)8)17-14-25-12-15-26(16-13-25)27-18-20-28(21-19-27)31(36)35-5/h12-13,15-16,18-21,29-30H,9-11,14,17,22-24H2,1-8H3,(H,35,36)/t29-,30+/m1/s1. The second-order valence-electron chi connectivity index (χ2n) is 13.2. The van der Waals surface area contributed by atoms with Crippen molar-refractivity contribution in [1.29, 1.82) is 0 Å². The molecule has 0 unspecified atom stereocenters. The largest absolute Gasteiger partial charge is 0.466 e. The van der Waals surface area contributed by atoms with E-state index in [1.165, 1.54) is 0 Å². The minimum absolute atomic E-state index is 0.107. The van der Waals surface area contributed by atoms with Crippen LogP contribution in [0.5, 0.6) is 0 Å². The van der Waals surface area contributed by atoms with Crippen molar-refractivity contribution in [1.82, 2.24) is 5.32 Å².